The van der Waals surface area contributed by atoms with Gasteiger partial charge in [-0.1, -0.05) is 17.7 Å². The van der Waals surface area contributed by atoms with E-state index in [1.165, 1.54) is 0 Å². The molecule has 0 saturated carbocycles. The van der Waals surface area contributed by atoms with Crippen LogP contribution in [0.2, 0.25) is 5.02 Å². The highest BCUT2D eigenvalue weighted by atomic mass is 35.5. The van der Waals surface area contributed by atoms with Gasteiger partial charge in [0.05, 0.1) is 23.5 Å². The number of halogens is 1. The zero-order chi connectivity index (χ0) is 14.1. The number of benzene rings is 1. The first-order valence-corrected chi connectivity index (χ1v) is 6.39. The molecule has 3 aromatic rings. The van der Waals surface area contributed by atoms with Crippen molar-refractivity contribution in [1.82, 2.24) is 9.97 Å². The standard InChI is InChI=1S/C15H11ClN2O2/c1-20-13-6-5-9-10(14(13)16)8-12(18-15(9)19)11-4-2-3-7-17-11/h2-8H,1H3,(H,18,19). The van der Waals surface area contributed by atoms with Gasteiger partial charge in [-0.25, -0.2) is 0 Å². The summed E-state index contributed by atoms with van der Waals surface area (Å²) < 4.78 is 5.18. The lowest BCUT2D eigenvalue weighted by Gasteiger charge is -2.08. The minimum atomic E-state index is -0.201. The molecule has 0 aliphatic heterocycles. The molecular formula is C15H11ClN2O2. The number of aromatic amines is 1. The molecule has 4 nitrogen and oxygen atoms in total. The summed E-state index contributed by atoms with van der Waals surface area (Å²) in [5.41, 5.74) is 1.11. The van der Waals surface area contributed by atoms with Gasteiger partial charge in [0.15, 0.2) is 0 Å². The number of pyridine rings is 2. The summed E-state index contributed by atoms with van der Waals surface area (Å²) in [6.45, 7) is 0. The van der Waals surface area contributed by atoms with Gasteiger partial charge in [0.25, 0.3) is 5.56 Å². The zero-order valence-electron chi connectivity index (χ0n) is 10.7. The van der Waals surface area contributed by atoms with Gasteiger partial charge >= 0.3 is 0 Å². The van der Waals surface area contributed by atoms with E-state index in [9.17, 15) is 4.79 Å². The summed E-state index contributed by atoms with van der Waals surface area (Å²) in [4.78, 5) is 19.2. The lowest BCUT2D eigenvalue weighted by Crippen LogP contribution is -2.08. The second-order valence-corrected chi connectivity index (χ2v) is 4.65. The molecular weight excluding hydrogens is 276 g/mol. The SMILES string of the molecule is COc1ccc2c(=O)[nH]c(-c3ccccn3)cc2c1Cl. The van der Waals surface area contributed by atoms with E-state index < -0.39 is 0 Å². The number of aromatic nitrogens is 2. The number of hydrogen-bond donors (Lipinski definition) is 1. The van der Waals surface area contributed by atoms with E-state index in [1.54, 1.807) is 25.4 Å². The van der Waals surface area contributed by atoms with Crippen LogP contribution in [0.3, 0.4) is 0 Å². The van der Waals surface area contributed by atoms with E-state index in [1.807, 2.05) is 24.3 Å². The molecule has 1 aromatic carbocycles. The van der Waals surface area contributed by atoms with Gasteiger partial charge < -0.3 is 9.72 Å². The molecule has 3 rings (SSSR count). The average molecular weight is 287 g/mol. The van der Waals surface area contributed by atoms with E-state index in [2.05, 4.69) is 9.97 Å². The minimum Gasteiger partial charge on any atom is -0.495 e. The third-order valence-electron chi connectivity index (χ3n) is 3.09. The highest BCUT2D eigenvalue weighted by Gasteiger charge is 2.11. The quantitative estimate of drug-likeness (QED) is 0.787. The molecule has 0 fully saturated rings. The first-order valence-electron chi connectivity index (χ1n) is 6.01. The average Bonchev–Trinajstić information content (AvgIpc) is 2.49. The lowest BCUT2D eigenvalue weighted by molar-refractivity contribution is 0.415. The predicted molar refractivity (Wildman–Crippen MR) is 79.4 cm³/mol. The Morgan fingerprint density at radius 1 is 1.20 bits per heavy atom. The predicted octanol–water partition coefficient (Wildman–Crippen LogP) is 3.25. The van der Waals surface area contributed by atoms with Crippen LogP contribution in [0.15, 0.2) is 47.4 Å². The van der Waals surface area contributed by atoms with Crippen molar-refractivity contribution in [2.45, 2.75) is 0 Å². The number of rotatable bonds is 2. The molecule has 0 unspecified atom stereocenters. The topological polar surface area (TPSA) is 55.0 Å². The van der Waals surface area contributed by atoms with Gasteiger partial charge in [-0.2, -0.15) is 0 Å². The van der Waals surface area contributed by atoms with Crippen LogP contribution >= 0.6 is 11.6 Å². The summed E-state index contributed by atoms with van der Waals surface area (Å²) in [7, 11) is 1.54. The summed E-state index contributed by atoms with van der Waals surface area (Å²) in [5, 5.41) is 1.60. The second kappa shape index (κ2) is 4.98. The van der Waals surface area contributed by atoms with Gasteiger partial charge in [-0.3, -0.25) is 9.78 Å². The lowest BCUT2D eigenvalue weighted by atomic mass is 10.1. The molecule has 0 bridgehead atoms. The normalized spacial score (nSPS) is 10.7. The summed E-state index contributed by atoms with van der Waals surface area (Å²) in [6, 6.07) is 10.7. The van der Waals surface area contributed by atoms with Crippen molar-refractivity contribution in [2.24, 2.45) is 0 Å². The van der Waals surface area contributed by atoms with Crippen LogP contribution in [0, 0.1) is 0 Å². The minimum absolute atomic E-state index is 0.201. The molecule has 0 amide bonds. The summed E-state index contributed by atoms with van der Waals surface area (Å²) in [6.07, 6.45) is 1.67. The number of ether oxygens (including phenoxy) is 1. The first kappa shape index (κ1) is 12.7. The van der Waals surface area contributed by atoms with E-state index in [0.29, 0.717) is 32.9 Å². The fourth-order valence-corrected chi connectivity index (χ4v) is 2.40. The van der Waals surface area contributed by atoms with E-state index in [-0.39, 0.29) is 5.56 Å². The van der Waals surface area contributed by atoms with E-state index in [0.717, 1.165) is 0 Å². The molecule has 0 saturated heterocycles. The highest BCUT2D eigenvalue weighted by Crippen LogP contribution is 2.32. The summed E-state index contributed by atoms with van der Waals surface area (Å²) >= 11 is 6.27. The van der Waals surface area contributed by atoms with E-state index >= 15 is 0 Å². The number of hydrogen-bond acceptors (Lipinski definition) is 3. The molecule has 2 aromatic heterocycles. The molecule has 0 spiro atoms. The third kappa shape index (κ3) is 2.04. The van der Waals surface area contributed by atoms with Crippen LogP contribution in [-0.4, -0.2) is 17.1 Å². The Hall–Kier alpha value is -2.33. The van der Waals surface area contributed by atoms with Crippen LogP contribution < -0.4 is 10.3 Å². The number of H-pyrrole nitrogens is 1. The summed E-state index contributed by atoms with van der Waals surface area (Å²) in [5.74, 6) is 0.539. The van der Waals surface area contributed by atoms with Gasteiger partial charge in [-0.15, -0.1) is 0 Å². The smallest absolute Gasteiger partial charge is 0.256 e. The molecule has 1 N–H and O–H groups in total. The number of fused-ring (bicyclic) bond motifs is 1. The van der Waals surface area contributed by atoms with Crippen LogP contribution in [-0.2, 0) is 0 Å². The Morgan fingerprint density at radius 3 is 2.75 bits per heavy atom. The molecule has 0 aliphatic carbocycles. The van der Waals surface area contributed by atoms with E-state index in [4.69, 9.17) is 16.3 Å². The maximum atomic E-state index is 12.1. The molecule has 0 aliphatic rings. The Kier molecular flexibility index (Phi) is 3.16. The highest BCUT2D eigenvalue weighted by molar-refractivity contribution is 6.37. The van der Waals surface area contributed by atoms with Crippen molar-refractivity contribution in [3.05, 3.63) is 58.0 Å². The number of nitrogens with zero attached hydrogens (tertiary/aromatic N) is 1. The Labute approximate surface area is 120 Å². The fraction of sp³-hybridized carbons (Fsp3) is 0.0667. The van der Waals surface area contributed by atoms with Gasteiger partial charge in [0.1, 0.15) is 5.75 Å². The van der Waals surface area contributed by atoms with Crippen molar-refractivity contribution >= 4 is 22.4 Å². The zero-order valence-corrected chi connectivity index (χ0v) is 11.4. The van der Waals surface area contributed by atoms with Crippen molar-refractivity contribution < 1.29 is 4.74 Å². The maximum absolute atomic E-state index is 12.1. The first-order chi connectivity index (χ1) is 9.70. The molecule has 2 heterocycles. The number of methoxy groups -OCH3 is 1. The molecule has 0 atom stereocenters. The second-order valence-electron chi connectivity index (χ2n) is 4.27. The largest absolute Gasteiger partial charge is 0.495 e. The van der Waals surface area contributed by atoms with Gasteiger partial charge in [0.2, 0.25) is 0 Å². The van der Waals surface area contributed by atoms with Gasteiger partial charge in [-0.05, 0) is 30.3 Å². The van der Waals surface area contributed by atoms with Crippen molar-refractivity contribution in [2.75, 3.05) is 7.11 Å². The van der Waals surface area contributed by atoms with Crippen molar-refractivity contribution in [3.63, 3.8) is 0 Å². The molecule has 5 heteroatoms. The fourth-order valence-electron chi connectivity index (χ4n) is 2.10. The van der Waals surface area contributed by atoms with Crippen molar-refractivity contribution in [3.8, 4) is 17.1 Å². The molecule has 0 radical (unpaired) electrons. The third-order valence-corrected chi connectivity index (χ3v) is 3.48. The molecule has 20 heavy (non-hydrogen) atoms. The van der Waals surface area contributed by atoms with Crippen LogP contribution in [0.25, 0.3) is 22.2 Å². The van der Waals surface area contributed by atoms with Gasteiger partial charge in [0, 0.05) is 17.0 Å². The Balaban J connectivity index is 2.33. The maximum Gasteiger partial charge on any atom is 0.256 e. The Morgan fingerprint density at radius 2 is 2.05 bits per heavy atom. The van der Waals surface area contributed by atoms with Crippen LogP contribution in [0.4, 0.5) is 0 Å². The number of nitrogens with one attached hydrogen (secondary N) is 1. The van der Waals surface area contributed by atoms with Crippen molar-refractivity contribution in [1.29, 1.82) is 0 Å². The Bertz CT molecular complexity index is 828. The molecule has 100 valence electrons. The van der Waals surface area contributed by atoms with Crippen LogP contribution in [0.5, 0.6) is 5.75 Å². The van der Waals surface area contributed by atoms with Crippen LogP contribution in [0.1, 0.15) is 0 Å². The monoisotopic (exact) mass is 286 g/mol.